The van der Waals surface area contributed by atoms with E-state index in [0.29, 0.717) is 6.04 Å². The molecule has 1 aromatic rings. The van der Waals surface area contributed by atoms with E-state index >= 15 is 0 Å². The number of nitrogens with zero attached hydrogens (tertiary/aromatic N) is 2. The van der Waals surface area contributed by atoms with Crippen LogP contribution < -0.4 is 0 Å². The largest absolute Gasteiger partial charge is 0.299 e. The molecule has 1 aromatic carbocycles. The van der Waals surface area contributed by atoms with Crippen molar-refractivity contribution in [3.05, 3.63) is 34.9 Å². The number of benzene rings is 1. The Morgan fingerprint density at radius 2 is 1.84 bits per heavy atom. The molecule has 2 atom stereocenters. The quantitative estimate of drug-likeness (QED) is 0.816. The lowest BCUT2D eigenvalue weighted by Gasteiger charge is -2.31. The van der Waals surface area contributed by atoms with Crippen molar-refractivity contribution in [2.75, 3.05) is 26.2 Å². The molecule has 2 aliphatic heterocycles. The van der Waals surface area contributed by atoms with Crippen molar-refractivity contribution in [3.8, 4) is 0 Å². The van der Waals surface area contributed by atoms with Gasteiger partial charge in [0.2, 0.25) is 0 Å². The lowest BCUT2D eigenvalue weighted by atomic mass is 10.1. The minimum Gasteiger partial charge on any atom is -0.299 e. The highest BCUT2D eigenvalue weighted by Gasteiger charge is 2.30. The van der Waals surface area contributed by atoms with Crippen LogP contribution in [0.1, 0.15) is 37.8 Å². The Balaban J connectivity index is 1.71. The summed E-state index contributed by atoms with van der Waals surface area (Å²) in [6, 6.07) is 9.64. The Hall–Kier alpha value is -0.570. The molecule has 2 nitrogen and oxygen atoms in total. The topological polar surface area (TPSA) is 6.48 Å². The molecule has 2 heterocycles. The van der Waals surface area contributed by atoms with Crippen molar-refractivity contribution in [3.63, 3.8) is 0 Å². The minimum atomic E-state index is 0.498. The highest BCUT2D eigenvalue weighted by molar-refractivity contribution is 6.30. The second-order valence-corrected chi connectivity index (χ2v) is 6.34. The van der Waals surface area contributed by atoms with Gasteiger partial charge in [0.25, 0.3) is 0 Å². The fraction of sp³-hybridized carbons (Fsp3) is 0.625. The van der Waals surface area contributed by atoms with Crippen molar-refractivity contribution in [1.82, 2.24) is 9.80 Å². The molecule has 0 N–H and O–H groups in total. The third-order valence-electron chi connectivity index (χ3n) is 4.74. The summed E-state index contributed by atoms with van der Waals surface area (Å²) < 4.78 is 0. The van der Waals surface area contributed by atoms with Crippen LogP contribution in [0.15, 0.2) is 24.3 Å². The van der Waals surface area contributed by atoms with Crippen molar-refractivity contribution < 1.29 is 0 Å². The molecule has 0 saturated carbocycles. The Bertz CT molecular complexity index is 417. The molecule has 0 radical (unpaired) electrons. The first-order chi connectivity index (χ1) is 9.24. The number of hydrogen-bond acceptors (Lipinski definition) is 2. The normalized spacial score (nSPS) is 26.9. The zero-order chi connectivity index (χ0) is 13.2. The summed E-state index contributed by atoms with van der Waals surface area (Å²) in [6.45, 7) is 7.37. The van der Waals surface area contributed by atoms with E-state index in [-0.39, 0.29) is 0 Å². The van der Waals surface area contributed by atoms with E-state index in [4.69, 9.17) is 11.6 Å². The van der Waals surface area contributed by atoms with Crippen LogP contribution in [0.2, 0.25) is 5.02 Å². The molecule has 2 saturated heterocycles. The molecule has 3 rings (SSSR count). The maximum Gasteiger partial charge on any atom is 0.0406 e. The Morgan fingerprint density at radius 1 is 1.11 bits per heavy atom. The number of fused-ring (bicyclic) bond motifs is 1. The predicted molar refractivity (Wildman–Crippen MR) is 80.7 cm³/mol. The predicted octanol–water partition coefficient (Wildman–Crippen LogP) is 3.57. The monoisotopic (exact) mass is 278 g/mol. The van der Waals surface area contributed by atoms with Gasteiger partial charge in [0.1, 0.15) is 0 Å². The Morgan fingerprint density at radius 3 is 2.63 bits per heavy atom. The van der Waals surface area contributed by atoms with Gasteiger partial charge < -0.3 is 0 Å². The molecular weight excluding hydrogens is 256 g/mol. The average Bonchev–Trinajstić information content (AvgIpc) is 2.76. The van der Waals surface area contributed by atoms with Crippen LogP contribution in [0.25, 0.3) is 0 Å². The molecule has 2 unspecified atom stereocenters. The SMILES string of the molecule is CC(c1ccc(Cl)cc1)N1CCCN2CCCC2C1. The van der Waals surface area contributed by atoms with E-state index < -0.39 is 0 Å². The molecule has 0 spiro atoms. The van der Waals surface area contributed by atoms with Gasteiger partial charge in [-0.1, -0.05) is 23.7 Å². The zero-order valence-corrected chi connectivity index (χ0v) is 12.4. The van der Waals surface area contributed by atoms with Crippen molar-refractivity contribution in [2.45, 2.75) is 38.3 Å². The highest BCUT2D eigenvalue weighted by Crippen LogP contribution is 2.27. The summed E-state index contributed by atoms with van der Waals surface area (Å²) in [5, 5.41) is 0.828. The van der Waals surface area contributed by atoms with Crippen LogP contribution in [0.3, 0.4) is 0 Å². The van der Waals surface area contributed by atoms with Gasteiger partial charge in [-0.25, -0.2) is 0 Å². The fourth-order valence-electron chi connectivity index (χ4n) is 3.54. The summed E-state index contributed by atoms with van der Waals surface area (Å²) in [4.78, 5) is 5.34. The summed E-state index contributed by atoms with van der Waals surface area (Å²) in [6.07, 6.45) is 4.06. The van der Waals surface area contributed by atoms with Crippen LogP contribution in [0.4, 0.5) is 0 Å². The molecule has 0 bridgehead atoms. The summed E-state index contributed by atoms with van der Waals surface area (Å²) in [5.41, 5.74) is 1.39. The Kier molecular flexibility index (Phi) is 4.11. The lowest BCUT2D eigenvalue weighted by molar-refractivity contribution is 0.182. The van der Waals surface area contributed by atoms with E-state index in [0.717, 1.165) is 11.1 Å². The van der Waals surface area contributed by atoms with Crippen LogP contribution in [-0.2, 0) is 0 Å². The molecule has 2 fully saturated rings. The second kappa shape index (κ2) is 5.82. The first kappa shape index (κ1) is 13.4. The molecule has 2 aliphatic rings. The van der Waals surface area contributed by atoms with Gasteiger partial charge in [-0.2, -0.15) is 0 Å². The molecular formula is C16H23ClN2. The van der Waals surface area contributed by atoms with Crippen molar-refractivity contribution >= 4 is 11.6 Å². The number of hydrogen-bond donors (Lipinski definition) is 0. The molecule has 0 aromatic heterocycles. The van der Waals surface area contributed by atoms with Crippen molar-refractivity contribution in [2.24, 2.45) is 0 Å². The minimum absolute atomic E-state index is 0.498. The highest BCUT2D eigenvalue weighted by atomic mass is 35.5. The fourth-order valence-corrected chi connectivity index (χ4v) is 3.67. The molecule has 104 valence electrons. The average molecular weight is 279 g/mol. The first-order valence-electron chi connectivity index (χ1n) is 7.47. The smallest absolute Gasteiger partial charge is 0.0406 e. The molecule has 0 aliphatic carbocycles. The summed E-state index contributed by atoms with van der Waals surface area (Å²) >= 11 is 5.98. The second-order valence-electron chi connectivity index (χ2n) is 5.91. The van der Waals surface area contributed by atoms with Crippen LogP contribution in [0.5, 0.6) is 0 Å². The van der Waals surface area contributed by atoms with E-state index in [1.807, 2.05) is 12.1 Å². The van der Waals surface area contributed by atoms with Crippen LogP contribution >= 0.6 is 11.6 Å². The van der Waals surface area contributed by atoms with Gasteiger partial charge in [0, 0.05) is 30.2 Å². The third kappa shape index (κ3) is 2.96. The van der Waals surface area contributed by atoms with Crippen LogP contribution in [-0.4, -0.2) is 42.0 Å². The summed E-state index contributed by atoms with van der Waals surface area (Å²) in [5.74, 6) is 0. The molecule has 19 heavy (non-hydrogen) atoms. The van der Waals surface area contributed by atoms with Gasteiger partial charge in [-0.3, -0.25) is 9.80 Å². The van der Waals surface area contributed by atoms with Crippen molar-refractivity contribution in [1.29, 1.82) is 0 Å². The third-order valence-corrected chi connectivity index (χ3v) is 4.99. The van der Waals surface area contributed by atoms with E-state index in [1.54, 1.807) is 0 Å². The maximum atomic E-state index is 5.98. The number of halogens is 1. The van der Waals surface area contributed by atoms with Gasteiger partial charge >= 0.3 is 0 Å². The zero-order valence-electron chi connectivity index (χ0n) is 11.7. The van der Waals surface area contributed by atoms with Gasteiger partial charge in [-0.05, 0) is 57.0 Å². The maximum absolute atomic E-state index is 5.98. The van der Waals surface area contributed by atoms with Gasteiger partial charge in [0.05, 0.1) is 0 Å². The molecule has 0 amide bonds. The Labute approximate surface area is 121 Å². The van der Waals surface area contributed by atoms with Gasteiger partial charge in [0.15, 0.2) is 0 Å². The number of rotatable bonds is 2. The summed E-state index contributed by atoms with van der Waals surface area (Å²) in [7, 11) is 0. The van der Waals surface area contributed by atoms with Crippen LogP contribution in [0, 0.1) is 0 Å². The van der Waals surface area contributed by atoms with E-state index in [2.05, 4.69) is 28.9 Å². The first-order valence-corrected chi connectivity index (χ1v) is 7.85. The molecule has 3 heteroatoms. The lowest BCUT2D eigenvalue weighted by Crippen LogP contribution is -2.37. The van der Waals surface area contributed by atoms with E-state index in [9.17, 15) is 0 Å². The van der Waals surface area contributed by atoms with E-state index in [1.165, 1.54) is 51.0 Å². The standard InChI is InChI=1S/C16H23ClN2/c1-13(14-5-7-15(17)8-6-14)19-11-3-10-18-9-2-4-16(18)12-19/h5-8,13,16H,2-4,9-12H2,1H3. The van der Waals surface area contributed by atoms with Gasteiger partial charge in [-0.15, -0.1) is 0 Å².